The van der Waals surface area contributed by atoms with Gasteiger partial charge in [0.1, 0.15) is 0 Å². The highest BCUT2D eigenvalue weighted by atomic mass is 15.2. The first-order valence-electron chi connectivity index (χ1n) is 6.42. The van der Waals surface area contributed by atoms with Gasteiger partial charge in [0.05, 0.1) is 0 Å². The van der Waals surface area contributed by atoms with Gasteiger partial charge in [-0.15, -0.1) is 0 Å². The molecule has 0 N–H and O–H groups in total. The van der Waals surface area contributed by atoms with Crippen LogP contribution in [0.3, 0.4) is 0 Å². The molecule has 0 saturated carbocycles. The minimum atomic E-state index is 0.868. The smallest absolute Gasteiger partial charge is 0.00980 e. The Balaban J connectivity index is 1.99. The minimum absolute atomic E-state index is 0.868. The van der Waals surface area contributed by atoms with Crippen molar-refractivity contribution in [3.63, 3.8) is 0 Å². The van der Waals surface area contributed by atoms with Gasteiger partial charge in [0, 0.05) is 12.6 Å². The first-order chi connectivity index (χ1) is 6.68. The van der Waals surface area contributed by atoms with Gasteiger partial charge in [-0.05, 0) is 43.6 Å². The van der Waals surface area contributed by atoms with E-state index >= 15 is 0 Å². The highest BCUT2D eigenvalue weighted by molar-refractivity contribution is 4.88. The lowest BCUT2D eigenvalue weighted by Gasteiger charge is -2.47. The average Bonchev–Trinajstić information content (AvgIpc) is 2.16. The maximum absolute atomic E-state index is 2.77. The van der Waals surface area contributed by atoms with Crippen molar-refractivity contribution >= 4 is 0 Å². The molecule has 0 aromatic rings. The lowest BCUT2D eigenvalue weighted by molar-refractivity contribution is 0.0251. The van der Waals surface area contributed by atoms with E-state index < -0.39 is 0 Å². The second-order valence-electron chi connectivity index (χ2n) is 5.77. The van der Waals surface area contributed by atoms with E-state index in [1.165, 1.54) is 38.8 Å². The van der Waals surface area contributed by atoms with Crippen molar-refractivity contribution in [1.29, 1.82) is 0 Å². The number of fused-ring (bicyclic) bond motifs is 1. The first-order valence-corrected chi connectivity index (χ1v) is 6.42. The van der Waals surface area contributed by atoms with Crippen LogP contribution in [0.25, 0.3) is 0 Å². The van der Waals surface area contributed by atoms with E-state index in [0.29, 0.717) is 0 Å². The van der Waals surface area contributed by atoms with E-state index in [0.717, 1.165) is 23.8 Å². The molecule has 2 aliphatic heterocycles. The zero-order chi connectivity index (χ0) is 10.1. The van der Waals surface area contributed by atoms with E-state index in [1.54, 1.807) is 0 Å². The number of hydrogen-bond acceptors (Lipinski definition) is 1. The molecule has 82 valence electrons. The largest absolute Gasteiger partial charge is 0.300 e. The van der Waals surface area contributed by atoms with Crippen molar-refractivity contribution in [2.45, 2.75) is 52.5 Å². The molecule has 0 amide bonds. The summed E-state index contributed by atoms with van der Waals surface area (Å²) in [5.41, 5.74) is 0. The summed E-state index contributed by atoms with van der Waals surface area (Å²) in [5.74, 6) is 2.77. The van der Waals surface area contributed by atoms with Crippen LogP contribution in [-0.4, -0.2) is 24.0 Å². The quantitative estimate of drug-likeness (QED) is 0.621. The Morgan fingerprint density at radius 1 is 1.21 bits per heavy atom. The minimum Gasteiger partial charge on any atom is -0.300 e. The zero-order valence-electron chi connectivity index (χ0n) is 10.00. The molecule has 2 saturated heterocycles. The highest BCUT2D eigenvalue weighted by Crippen LogP contribution is 2.35. The van der Waals surface area contributed by atoms with Crippen LogP contribution >= 0.6 is 0 Å². The lowest BCUT2D eigenvalue weighted by Crippen LogP contribution is -2.50. The van der Waals surface area contributed by atoms with E-state index in [-0.39, 0.29) is 0 Å². The van der Waals surface area contributed by atoms with Crippen LogP contribution < -0.4 is 0 Å². The van der Waals surface area contributed by atoms with Crippen LogP contribution in [0.4, 0.5) is 0 Å². The summed E-state index contributed by atoms with van der Waals surface area (Å²) in [5, 5.41) is 0. The van der Waals surface area contributed by atoms with E-state index in [9.17, 15) is 0 Å². The third kappa shape index (κ3) is 1.98. The third-order valence-corrected chi connectivity index (χ3v) is 4.43. The molecule has 14 heavy (non-hydrogen) atoms. The molecule has 3 atom stereocenters. The topological polar surface area (TPSA) is 3.24 Å². The fraction of sp³-hybridized carbons (Fsp3) is 1.00. The van der Waals surface area contributed by atoms with Crippen molar-refractivity contribution in [2.24, 2.45) is 17.8 Å². The number of piperidine rings is 2. The first kappa shape index (κ1) is 10.5. The molecule has 2 heterocycles. The Kier molecular flexibility index (Phi) is 3.16. The maximum Gasteiger partial charge on any atom is 0.00980 e. The Bertz CT molecular complexity index is 188. The lowest BCUT2D eigenvalue weighted by atomic mass is 9.75. The van der Waals surface area contributed by atoms with Gasteiger partial charge in [0.2, 0.25) is 0 Å². The fourth-order valence-corrected chi connectivity index (χ4v) is 3.49. The summed E-state index contributed by atoms with van der Waals surface area (Å²) in [6.07, 6.45) is 5.84. The second-order valence-corrected chi connectivity index (χ2v) is 5.77. The van der Waals surface area contributed by atoms with Crippen molar-refractivity contribution in [3.05, 3.63) is 0 Å². The second kappa shape index (κ2) is 4.22. The highest BCUT2D eigenvalue weighted by Gasteiger charge is 2.35. The van der Waals surface area contributed by atoms with E-state index in [2.05, 4.69) is 25.7 Å². The van der Waals surface area contributed by atoms with Gasteiger partial charge in [0.15, 0.2) is 0 Å². The molecule has 0 aromatic carbocycles. The zero-order valence-corrected chi connectivity index (χ0v) is 10.00. The normalized spacial score (nSPS) is 39.9. The molecule has 0 radical (unpaired) electrons. The van der Waals surface area contributed by atoms with Crippen LogP contribution in [0, 0.1) is 17.8 Å². The van der Waals surface area contributed by atoms with E-state index in [4.69, 9.17) is 0 Å². The van der Waals surface area contributed by atoms with Gasteiger partial charge in [0.25, 0.3) is 0 Å². The van der Waals surface area contributed by atoms with Crippen LogP contribution in [0.5, 0.6) is 0 Å². The Hall–Kier alpha value is -0.0400. The van der Waals surface area contributed by atoms with Gasteiger partial charge in [-0.2, -0.15) is 0 Å². The predicted octanol–water partition coefficient (Wildman–Crippen LogP) is 3.15. The number of hydrogen-bond donors (Lipinski definition) is 0. The molecular weight excluding hydrogens is 170 g/mol. The summed E-state index contributed by atoms with van der Waals surface area (Å²) >= 11 is 0. The van der Waals surface area contributed by atoms with Crippen molar-refractivity contribution in [2.75, 3.05) is 13.1 Å². The Morgan fingerprint density at radius 2 is 2.00 bits per heavy atom. The fourth-order valence-electron chi connectivity index (χ4n) is 3.49. The van der Waals surface area contributed by atoms with Crippen molar-refractivity contribution in [1.82, 2.24) is 4.90 Å². The van der Waals surface area contributed by atoms with Gasteiger partial charge >= 0.3 is 0 Å². The van der Waals surface area contributed by atoms with Gasteiger partial charge in [-0.3, -0.25) is 0 Å². The summed E-state index contributed by atoms with van der Waals surface area (Å²) in [4.78, 5) is 2.77. The summed E-state index contributed by atoms with van der Waals surface area (Å²) in [7, 11) is 0. The molecule has 0 bridgehead atoms. The molecule has 1 nitrogen and oxygen atoms in total. The number of rotatable bonds is 1. The molecule has 0 aromatic heterocycles. The molecular formula is C13H25N. The molecule has 0 spiro atoms. The molecule has 2 aliphatic rings. The van der Waals surface area contributed by atoms with Crippen molar-refractivity contribution < 1.29 is 0 Å². The van der Waals surface area contributed by atoms with Gasteiger partial charge in [-0.25, -0.2) is 0 Å². The molecule has 2 fully saturated rings. The predicted molar refractivity (Wildman–Crippen MR) is 61.3 cm³/mol. The van der Waals surface area contributed by atoms with Crippen LogP contribution in [0.1, 0.15) is 46.5 Å². The maximum atomic E-state index is 2.77. The van der Waals surface area contributed by atoms with Gasteiger partial charge in [-0.1, -0.05) is 27.2 Å². The molecule has 3 unspecified atom stereocenters. The summed E-state index contributed by atoms with van der Waals surface area (Å²) in [6, 6.07) is 0.939. The van der Waals surface area contributed by atoms with Crippen molar-refractivity contribution in [3.8, 4) is 0 Å². The van der Waals surface area contributed by atoms with Crippen LogP contribution in [0.15, 0.2) is 0 Å². The molecule has 1 heteroatoms. The standard InChI is InChI=1S/C13H25N/c1-10(2)13-9-14-7-5-4-6-12(14)8-11(13)3/h10-13H,4-9H2,1-3H3. The van der Waals surface area contributed by atoms with Crippen LogP contribution in [0.2, 0.25) is 0 Å². The third-order valence-electron chi connectivity index (χ3n) is 4.43. The van der Waals surface area contributed by atoms with Gasteiger partial charge < -0.3 is 4.90 Å². The summed E-state index contributed by atoms with van der Waals surface area (Å²) in [6.45, 7) is 10.0. The Labute approximate surface area is 88.9 Å². The SMILES string of the molecule is CC(C)C1CN2CCCCC2CC1C. The molecule has 0 aliphatic carbocycles. The van der Waals surface area contributed by atoms with E-state index in [1.807, 2.05) is 0 Å². The summed E-state index contributed by atoms with van der Waals surface area (Å²) < 4.78 is 0. The monoisotopic (exact) mass is 195 g/mol. The molecule has 2 rings (SSSR count). The van der Waals surface area contributed by atoms with Crippen LogP contribution in [-0.2, 0) is 0 Å². The Morgan fingerprint density at radius 3 is 2.71 bits per heavy atom. The average molecular weight is 195 g/mol. The number of nitrogens with zero attached hydrogens (tertiary/aromatic N) is 1.